The van der Waals surface area contributed by atoms with E-state index in [4.69, 9.17) is 5.84 Å². The smallest absolute Gasteiger partial charge is 0.282 e. The lowest BCUT2D eigenvalue weighted by Gasteiger charge is -2.09. The zero-order valence-corrected chi connectivity index (χ0v) is 7.69. The monoisotopic (exact) mass is 190 g/mol. The summed E-state index contributed by atoms with van der Waals surface area (Å²) in [6.07, 6.45) is 0. The normalized spacial score (nSPS) is 10.4. The van der Waals surface area contributed by atoms with E-state index in [1.807, 2.05) is 12.1 Å². The van der Waals surface area contributed by atoms with Crippen LogP contribution in [0, 0.1) is 0 Å². The first-order valence-electron chi connectivity index (χ1n) is 4.16. The quantitative estimate of drug-likeness (QED) is 0.498. The van der Waals surface area contributed by atoms with Crippen LogP contribution in [0.5, 0.6) is 0 Å². The molecule has 0 aliphatic heterocycles. The Morgan fingerprint density at radius 2 is 2.14 bits per heavy atom. The van der Waals surface area contributed by atoms with Gasteiger partial charge in [-0.15, -0.1) is 0 Å². The number of hydrazine groups is 1. The molecule has 0 saturated carbocycles. The van der Waals surface area contributed by atoms with Crippen molar-refractivity contribution in [2.24, 2.45) is 12.9 Å². The summed E-state index contributed by atoms with van der Waals surface area (Å²) in [4.78, 5) is 15.3. The minimum atomic E-state index is -0.272. The fourth-order valence-corrected chi connectivity index (χ4v) is 1.42. The Morgan fingerprint density at radius 3 is 2.86 bits per heavy atom. The molecule has 0 bridgehead atoms. The summed E-state index contributed by atoms with van der Waals surface area (Å²) >= 11 is 0. The van der Waals surface area contributed by atoms with Crippen molar-refractivity contribution in [3.8, 4) is 0 Å². The molecule has 5 heteroatoms. The standard InChI is InChI=1S/C9H10N4O/c1-13-7-5-3-2-4-6(7)8(14)11-9(13)12-10/h2-5H,10H2,1H3,(H,11,12,14). The average molecular weight is 190 g/mol. The fraction of sp³-hybridized carbons (Fsp3) is 0.111. The molecule has 0 radical (unpaired) electrons. The molecule has 0 aliphatic carbocycles. The molecule has 0 unspecified atom stereocenters. The van der Waals surface area contributed by atoms with Crippen molar-refractivity contribution in [3.05, 3.63) is 34.6 Å². The highest BCUT2D eigenvalue weighted by Gasteiger charge is 2.04. The van der Waals surface area contributed by atoms with E-state index in [2.05, 4.69) is 10.4 Å². The van der Waals surface area contributed by atoms with Crippen LogP contribution < -0.4 is 16.8 Å². The van der Waals surface area contributed by atoms with Crippen molar-refractivity contribution in [1.29, 1.82) is 0 Å². The van der Waals surface area contributed by atoms with Gasteiger partial charge in [-0.2, -0.15) is 4.98 Å². The Labute approximate surface area is 80.1 Å². The molecule has 3 N–H and O–H groups in total. The SMILES string of the molecule is Cn1c(NN)nc(=O)c2ccccc21. The molecule has 1 heterocycles. The van der Waals surface area contributed by atoms with E-state index in [0.29, 0.717) is 11.3 Å². The number of nitrogen functional groups attached to an aromatic ring is 1. The maximum atomic E-state index is 11.5. The summed E-state index contributed by atoms with van der Waals surface area (Å²) in [5.74, 6) is 5.59. The highest BCUT2D eigenvalue weighted by atomic mass is 16.1. The van der Waals surface area contributed by atoms with Crippen LogP contribution in [0.25, 0.3) is 10.9 Å². The minimum Gasteiger partial charge on any atom is -0.314 e. The Kier molecular flexibility index (Phi) is 1.94. The second-order valence-electron chi connectivity index (χ2n) is 2.96. The third kappa shape index (κ3) is 1.14. The number of rotatable bonds is 1. The molecule has 0 atom stereocenters. The largest absolute Gasteiger partial charge is 0.314 e. The first-order valence-corrected chi connectivity index (χ1v) is 4.16. The summed E-state index contributed by atoms with van der Waals surface area (Å²) < 4.78 is 1.73. The lowest BCUT2D eigenvalue weighted by atomic mass is 10.2. The van der Waals surface area contributed by atoms with Crippen LogP contribution in [0.15, 0.2) is 29.1 Å². The number of nitrogens with zero attached hydrogens (tertiary/aromatic N) is 2. The van der Waals surface area contributed by atoms with E-state index in [9.17, 15) is 4.79 Å². The Morgan fingerprint density at radius 1 is 1.43 bits per heavy atom. The van der Waals surface area contributed by atoms with Crippen molar-refractivity contribution in [1.82, 2.24) is 9.55 Å². The van der Waals surface area contributed by atoms with E-state index in [-0.39, 0.29) is 5.56 Å². The van der Waals surface area contributed by atoms with Gasteiger partial charge in [0.2, 0.25) is 5.95 Å². The summed E-state index contributed by atoms with van der Waals surface area (Å²) in [6.45, 7) is 0. The van der Waals surface area contributed by atoms with Gasteiger partial charge in [-0.3, -0.25) is 10.2 Å². The van der Waals surface area contributed by atoms with Crippen LogP contribution in [0.4, 0.5) is 5.95 Å². The highest BCUT2D eigenvalue weighted by Crippen LogP contribution is 2.10. The van der Waals surface area contributed by atoms with Gasteiger partial charge in [0.25, 0.3) is 5.56 Å². The summed E-state index contributed by atoms with van der Waals surface area (Å²) in [7, 11) is 1.80. The number of hydrogen-bond donors (Lipinski definition) is 2. The number of aryl methyl sites for hydroxylation is 1. The van der Waals surface area contributed by atoms with Crippen LogP contribution in [-0.4, -0.2) is 9.55 Å². The maximum absolute atomic E-state index is 11.5. The van der Waals surface area contributed by atoms with Crippen LogP contribution in [0.2, 0.25) is 0 Å². The number of fused-ring (bicyclic) bond motifs is 1. The molecule has 0 fully saturated rings. The second kappa shape index (κ2) is 3.12. The number of aromatic nitrogens is 2. The molecular formula is C9H10N4O. The highest BCUT2D eigenvalue weighted by molar-refractivity contribution is 5.79. The van der Waals surface area contributed by atoms with Crippen LogP contribution >= 0.6 is 0 Å². The predicted molar refractivity (Wildman–Crippen MR) is 54.8 cm³/mol. The number of nitrogens with two attached hydrogens (primary N) is 1. The van der Waals surface area contributed by atoms with Gasteiger partial charge in [0.05, 0.1) is 10.9 Å². The molecule has 0 aliphatic rings. The van der Waals surface area contributed by atoms with E-state index in [0.717, 1.165) is 5.52 Å². The molecule has 0 spiro atoms. The molecule has 14 heavy (non-hydrogen) atoms. The number of benzene rings is 1. The van der Waals surface area contributed by atoms with E-state index in [1.54, 1.807) is 23.7 Å². The Bertz CT molecular complexity index is 532. The van der Waals surface area contributed by atoms with Gasteiger partial charge in [-0.1, -0.05) is 12.1 Å². The molecule has 2 rings (SSSR count). The third-order valence-electron chi connectivity index (χ3n) is 2.15. The van der Waals surface area contributed by atoms with Crippen LogP contribution in [0.1, 0.15) is 0 Å². The predicted octanol–water partition coefficient (Wildman–Crippen LogP) is 0.219. The van der Waals surface area contributed by atoms with Crippen molar-refractivity contribution in [3.63, 3.8) is 0 Å². The van der Waals surface area contributed by atoms with Gasteiger partial charge in [-0.05, 0) is 12.1 Å². The van der Waals surface area contributed by atoms with Gasteiger partial charge in [0, 0.05) is 7.05 Å². The lowest BCUT2D eigenvalue weighted by Crippen LogP contribution is -2.20. The number of anilines is 1. The molecule has 2 aromatic rings. The first kappa shape index (κ1) is 8.71. The van der Waals surface area contributed by atoms with Crippen molar-refractivity contribution in [2.75, 3.05) is 5.43 Å². The molecule has 0 saturated heterocycles. The fourth-order valence-electron chi connectivity index (χ4n) is 1.42. The van der Waals surface area contributed by atoms with Gasteiger partial charge < -0.3 is 4.57 Å². The molecular weight excluding hydrogens is 180 g/mol. The molecule has 1 aromatic carbocycles. The summed E-state index contributed by atoms with van der Waals surface area (Å²) in [6, 6.07) is 7.26. The molecule has 1 aromatic heterocycles. The van der Waals surface area contributed by atoms with Crippen LogP contribution in [0.3, 0.4) is 0 Å². The minimum absolute atomic E-state index is 0.272. The van der Waals surface area contributed by atoms with Crippen molar-refractivity contribution in [2.45, 2.75) is 0 Å². The van der Waals surface area contributed by atoms with Crippen LogP contribution in [-0.2, 0) is 7.05 Å². The summed E-state index contributed by atoms with van der Waals surface area (Å²) in [5, 5.41) is 0.592. The van der Waals surface area contributed by atoms with Gasteiger partial charge in [0.1, 0.15) is 0 Å². The maximum Gasteiger partial charge on any atom is 0.282 e. The van der Waals surface area contributed by atoms with E-state index >= 15 is 0 Å². The number of para-hydroxylation sites is 1. The van der Waals surface area contributed by atoms with Crippen molar-refractivity contribution >= 4 is 16.9 Å². The Balaban J connectivity index is 2.95. The van der Waals surface area contributed by atoms with Gasteiger partial charge in [0.15, 0.2) is 0 Å². The molecule has 0 amide bonds. The van der Waals surface area contributed by atoms with Crippen molar-refractivity contribution < 1.29 is 0 Å². The van der Waals surface area contributed by atoms with Gasteiger partial charge >= 0.3 is 0 Å². The zero-order chi connectivity index (χ0) is 10.1. The number of nitrogens with one attached hydrogen (secondary N) is 1. The zero-order valence-electron chi connectivity index (χ0n) is 7.69. The topological polar surface area (TPSA) is 72.9 Å². The average Bonchev–Trinajstić information content (AvgIpc) is 2.23. The Hall–Kier alpha value is -1.88. The number of hydrogen-bond acceptors (Lipinski definition) is 4. The third-order valence-corrected chi connectivity index (χ3v) is 2.15. The first-order chi connectivity index (χ1) is 6.74. The lowest BCUT2D eigenvalue weighted by molar-refractivity contribution is 0.900. The molecule has 5 nitrogen and oxygen atoms in total. The van der Waals surface area contributed by atoms with Gasteiger partial charge in [-0.25, -0.2) is 5.84 Å². The molecule has 72 valence electrons. The van der Waals surface area contributed by atoms with E-state index in [1.165, 1.54) is 0 Å². The van der Waals surface area contributed by atoms with E-state index < -0.39 is 0 Å². The summed E-state index contributed by atoms with van der Waals surface area (Å²) in [5.41, 5.74) is 2.91. The second-order valence-corrected chi connectivity index (χ2v) is 2.96.